The molecule has 1 aromatic heterocycles. The van der Waals surface area contributed by atoms with E-state index in [1.54, 1.807) is 0 Å². The molecule has 0 spiro atoms. The summed E-state index contributed by atoms with van der Waals surface area (Å²) >= 11 is 0. The molecule has 3 aromatic rings. The van der Waals surface area contributed by atoms with Crippen LogP contribution in [-0.4, -0.2) is 11.0 Å². The van der Waals surface area contributed by atoms with Crippen molar-refractivity contribution in [2.45, 2.75) is 20.0 Å². The van der Waals surface area contributed by atoms with Gasteiger partial charge in [0.2, 0.25) is 5.89 Å². The molecule has 0 fully saturated rings. The van der Waals surface area contributed by atoms with Crippen LogP contribution in [0.15, 0.2) is 52.9 Å². The summed E-state index contributed by atoms with van der Waals surface area (Å²) in [5.41, 5.74) is 3.56. The van der Waals surface area contributed by atoms with Crippen LogP contribution in [0.25, 0.3) is 11.1 Å². The smallest absolute Gasteiger partial charge is 0.310 e. The summed E-state index contributed by atoms with van der Waals surface area (Å²) in [4.78, 5) is 16.1. The maximum atomic E-state index is 11.8. The number of esters is 1. The Balaban J connectivity index is 1.59. The third-order valence-corrected chi connectivity index (χ3v) is 3.16. The van der Waals surface area contributed by atoms with Gasteiger partial charge in [0.1, 0.15) is 5.52 Å². The normalized spacial score (nSPS) is 10.7. The molecule has 1 heterocycles. The highest BCUT2D eigenvalue weighted by Crippen LogP contribution is 2.15. The Hall–Kier alpha value is -2.62. The first kappa shape index (κ1) is 13.4. The molecule has 0 unspecified atom stereocenters. The minimum absolute atomic E-state index is 0.0549. The number of carbonyl (C=O) groups excluding carboxylic acids is 1. The van der Waals surface area contributed by atoms with Crippen LogP contribution in [-0.2, 0) is 22.6 Å². The number of nitrogens with zero attached hydrogens (tertiary/aromatic N) is 1. The number of para-hydroxylation sites is 2. The van der Waals surface area contributed by atoms with E-state index in [2.05, 4.69) is 4.98 Å². The van der Waals surface area contributed by atoms with Crippen LogP contribution < -0.4 is 0 Å². The Morgan fingerprint density at radius 2 is 1.90 bits per heavy atom. The fourth-order valence-electron chi connectivity index (χ4n) is 2.05. The second-order valence-corrected chi connectivity index (χ2v) is 4.90. The Morgan fingerprint density at radius 1 is 1.14 bits per heavy atom. The molecular formula is C17H15NO3. The molecule has 2 aromatic carbocycles. The summed E-state index contributed by atoms with van der Waals surface area (Å²) < 4.78 is 10.7. The van der Waals surface area contributed by atoms with Crippen molar-refractivity contribution in [2.75, 3.05) is 0 Å². The molecule has 0 N–H and O–H groups in total. The van der Waals surface area contributed by atoms with Crippen molar-refractivity contribution < 1.29 is 13.9 Å². The van der Waals surface area contributed by atoms with Crippen LogP contribution in [0.2, 0.25) is 0 Å². The molecule has 0 bridgehead atoms. The van der Waals surface area contributed by atoms with Gasteiger partial charge in [0.15, 0.2) is 12.2 Å². The van der Waals surface area contributed by atoms with Gasteiger partial charge in [-0.05, 0) is 24.6 Å². The van der Waals surface area contributed by atoms with Crippen molar-refractivity contribution >= 4 is 17.1 Å². The lowest BCUT2D eigenvalue weighted by molar-refractivity contribution is -0.144. The van der Waals surface area contributed by atoms with E-state index in [0.29, 0.717) is 11.5 Å². The predicted molar refractivity (Wildman–Crippen MR) is 78.7 cm³/mol. The summed E-state index contributed by atoms with van der Waals surface area (Å²) in [5.74, 6) is 0.120. The lowest BCUT2D eigenvalue weighted by Gasteiger charge is -2.03. The molecule has 0 saturated heterocycles. The number of ether oxygens (including phenoxy) is 1. The van der Waals surface area contributed by atoms with Crippen LogP contribution >= 0.6 is 0 Å². The molecule has 0 aliphatic rings. The highest BCUT2D eigenvalue weighted by atomic mass is 16.5. The van der Waals surface area contributed by atoms with Gasteiger partial charge in [-0.15, -0.1) is 0 Å². The SMILES string of the molecule is Cc1ccc(CC(=O)OCc2nc3ccccc3o2)cc1. The fraction of sp³-hybridized carbons (Fsp3) is 0.176. The van der Waals surface area contributed by atoms with Crippen molar-refractivity contribution in [1.29, 1.82) is 0 Å². The van der Waals surface area contributed by atoms with Crippen LogP contribution in [0.3, 0.4) is 0 Å². The van der Waals surface area contributed by atoms with Gasteiger partial charge >= 0.3 is 5.97 Å². The minimum atomic E-state index is -0.291. The first-order chi connectivity index (χ1) is 10.2. The van der Waals surface area contributed by atoms with Crippen LogP contribution in [0.1, 0.15) is 17.0 Å². The lowest BCUT2D eigenvalue weighted by atomic mass is 10.1. The Labute approximate surface area is 122 Å². The van der Waals surface area contributed by atoms with E-state index < -0.39 is 0 Å². The number of oxazole rings is 1. The summed E-state index contributed by atoms with van der Waals surface area (Å²) in [5, 5.41) is 0. The number of hydrogen-bond acceptors (Lipinski definition) is 4. The largest absolute Gasteiger partial charge is 0.455 e. The lowest BCUT2D eigenvalue weighted by Crippen LogP contribution is -2.08. The van der Waals surface area contributed by atoms with Crippen molar-refractivity contribution in [1.82, 2.24) is 4.98 Å². The van der Waals surface area contributed by atoms with Crippen LogP contribution in [0.4, 0.5) is 0 Å². The van der Waals surface area contributed by atoms with Gasteiger partial charge in [-0.3, -0.25) is 4.79 Å². The predicted octanol–water partition coefficient (Wildman–Crippen LogP) is 3.42. The molecule has 0 atom stereocenters. The molecule has 0 amide bonds. The molecule has 0 aliphatic heterocycles. The Morgan fingerprint density at radius 3 is 2.67 bits per heavy atom. The van der Waals surface area contributed by atoms with E-state index in [9.17, 15) is 4.79 Å². The quantitative estimate of drug-likeness (QED) is 0.687. The topological polar surface area (TPSA) is 52.3 Å². The second-order valence-electron chi connectivity index (χ2n) is 4.90. The Kier molecular flexibility index (Phi) is 3.69. The third-order valence-electron chi connectivity index (χ3n) is 3.16. The monoisotopic (exact) mass is 281 g/mol. The maximum absolute atomic E-state index is 11.8. The zero-order valence-corrected chi connectivity index (χ0v) is 11.7. The van der Waals surface area contributed by atoms with Gasteiger partial charge < -0.3 is 9.15 Å². The van der Waals surface area contributed by atoms with E-state index in [1.165, 1.54) is 5.56 Å². The standard InChI is InChI=1S/C17H15NO3/c1-12-6-8-13(9-7-12)10-17(19)20-11-16-18-14-4-2-3-5-15(14)21-16/h2-9H,10-11H2,1H3. The van der Waals surface area contributed by atoms with Gasteiger partial charge in [0.05, 0.1) is 6.42 Å². The molecule has 21 heavy (non-hydrogen) atoms. The molecule has 106 valence electrons. The number of aromatic nitrogens is 1. The second kappa shape index (κ2) is 5.79. The minimum Gasteiger partial charge on any atom is -0.455 e. The van der Waals surface area contributed by atoms with Crippen molar-refractivity contribution in [3.05, 3.63) is 65.5 Å². The average molecular weight is 281 g/mol. The maximum Gasteiger partial charge on any atom is 0.310 e. The van der Waals surface area contributed by atoms with E-state index in [-0.39, 0.29) is 19.0 Å². The van der Waals surface area contributed by atoms with Gasteiger partial charge in [0.25, 0.3) is 0 Å². The van der Waals surface area contributed by atoms with Gasteiger partial charge in [0, 0.05) is 0 Å². The number of fused-ring (bicyclic) bond motifs is 1. The van der Waals surface area contributed by atoms with Crippen LogP contribution in [0, 0.1) is 6.92 Å². The number of aryl methyl sites for hydroxylation is 1. The summed E-state index contributed by atoms with van der Waals surface area (Å²) in [7, 11) is 0. The molecule has 0 aliphatic carbocycles. The first-order valence-electron chi connectivity index (χ1n) is 6.76. The average Bonchev–Trinajstić information content (AvgIpc) is 2.90. The van der Waals surface area contributed by atoms with Crippen LogP contribution in [0.5, 0.6) is 0 Å². The van der Waals surface area contributed by atoms with Crippen molar-refractivity contribution in [3.63, 3.8) is 0 Å². The summed E-state index contributed by atoms with van der Waals surface area (Å²) in [6, 6.07) is 15.3. The molecular weight excluding hydrogens is 266 g/mol. The van der Waals surface area contributed by atoms with Crippen molar-refractivity contribution in [2.24, 2.45) is 0 Å². The molecule has 3 rings (SSSR count). The van der Waals surface area contributed by atoms with E-state index >= 15 is 0 Å². The summed E-state index contributed by atoms with van der Waals surface area (Å²) in [6.45, 7) is 2.06. The number of carbonyl (C=O) groups is 1. The highest BCUT2D eigenvalue weighted by molar-refractivity contribution is 5.73. The molecule has 0 saturated carbocycles. The van der Waals surface area contributed by atoms with E-state index in [4.69, 9.17) is 9.15 Å². The van der Waals surface area contributed by atoms with E-state index in [0.717, 1.165) is 11.1 Å². The zero-order valence-electron chi connectivity index (χ0n) is 11.7. The number of hydrogen-bond donors (Lipinski definition) is 0. The van der Waals surface area contributed by atoms with Gasteiger partial charge in [-0.2, -0.15) is 0 Å². The van der Waals surface area contributed by atoms with E-state index in [1.807, 2.05) is 55.5 Å². The first-order valence-corrected chi connectivity index (χ1v) is 6.76. The Bertz CT molecular complexity index is 726. The zero-order chi connectivity index (χ0) is 14.7. The summed E-state index contributed by atoms with van der Waals surface area (Å²) in [6.07, 6.45) is 0.251. The number of rotatable bonds is 4. The third kappa shape index (κ3) is 3.28. The molecule has 0 radical (unpaired) electrons. The highest BCUT2D eigenvalue weighted by Gasteiger charge is 2.09. The number of benzene rings is 2. The molecule has 4 nitrogen and oxygen atoms in total. The van der Waals surface area contributed by atoms with Gasteiger partial charge in [-0.1, -0.05) is 42.0 Å². The fourth-order valence-corrected chi connectivity index (χ4v) is 2.05. The molecule has 4 heteroatoms. The van der Waals surface area contributed by atoms with Crippen molar-refractivity contribution in [3.8, 4) is 0 Å². The van der Waals surface area contributed by atoms with Gasteiger partial charge in [-0.25, -0.2) is 4.98 Å².